The Morgan fingerprint density at radius 1 is 1.00 bits per heavy atom. The van der Waals surface area contributed by atoms with Crippen molar-refractivity contribution < 1.29 is 5.11 Å². The maximum atomic E-state index is 10.9. The second-order valence-corrected chi connectivity index (χ2v) is 6.38. The van der Waals surface area contributed by atoms with Gasteiger partial charge in [-0.2, -0.15) is 0 Å². The van der Waals surface area contributed by atoms with Crippen LogP contribution in [0, 0.1) is 0 Å². The number of benzene rings is 2. The molecule has 0 aliphatic heterocycles. The smallest absolute Gasteiger partial charge is 0.172 e. The van der Waals surface area contributed by atoms with Crippen LogP contribution in [0.5, 0.6) is 0 Å². The molecule has 3 rings (SSSR count). The molecule has 3 nitrogen and oxygen atoms in total. The van der Waals surface area contributed by atoms with Crippen molar-refractivity contribution in [2.45, 2.75) is 22.6 Å². The van der Waals surface area contributed by atoms with Gasteiger partial charge in [-0.05, 0) is 24.6 Å². The zero-order valence-corrected chi connectivity index (χ0v) is 13.4. The highest BCUT2D eigenvalue weighted by Crippen LogP contribution is 2.33. The van der Waals surface area contributed by atoms with Crippen molar-refractivity contribution in [3.05, 3.63) is 78.1 Å². The lowest BCUT2D eigenvalue weighted by atomic mass is 9.93. The number of hydrogen-bond acceptors (Lipinski definition) is 3. The van der Waals surface area contributed by atoms with Crippen LogP contribution < -0.4 is 0 Å². The van der Waals surface area contributed by atoms with Crippen LogP contribution in [-0.4, -0.2) is 14.7 Å². The highest BCUT2D eigenvalue weighted by molar-refractivity contribution is 7.99. The highest BCUT2D eigenvalue weighted by Gasteiger charge is 2.29. The average molecular weight is 310 g/mol. The van der Waals surface area contributed by atoms with Crippen LogP contribution in [0.2, 0.25) is 0 Å². The van der Waals surface area contributed by atoms with E-state index < -0.39 is 5.60 Å². The van der Waals surface area contributed by atoms with Gasteiger partial charge < -0.3 is 9.67 Å². The quantitative estimate of drug-likeness (QED) is 0.796. The summed E-state index contributed by atoms with van der Waals surface area (Å²) in [5, 5.41) is 11.8. The van der Waals surface area contributed by atoms with E-state index in [1.54, 1.807) is 24.9 Å². The summed E-state index contributed by atoms with van der Waals surface area (Å²) in [4.78, 5) is 5.60. The largest absolute Gasteiger partial charge is 0.379 e. The molecule has 0 aliphatic carbocycles. The molecular formula is C18H18N2OS. The van der Waals surface area contributed by atoms with E-state index in [0.29, 0.717) is 0 Å². The molecule has 0 radical (unpaired) electrons. The molecule has 4 heteroatoms. The number of hydrogen-bond donors (Lipinski definition) is 1. The molecule has 1 heterocycles. The molecule has 0 aliphatic rings. The summed E-state index contributed by atoms with van der Waals surface area (Å²) in [7, 11) is 1.94. The zero-order chi connectivity index (χ0) is 15.6. The third-order valence-electron chi connectivity index (χ3n) is 3.73. The monoisotopic (exact) mass is 310 g/mol. The van der Waals surface area contributed by atoms with Crippen molar-refractivity contribution in [2.75, 3.05) is 0 Å². The van der Waals surface area contributed by atoms with Crippen LogP contribution in [0.15, 0.2) is 76.9 Å². The molecule has 112 valence electrons. The first-order valence-electron chi connectivity index (χ1n) is 7.12. The third kappa shape index (κ3) is 2.80. The number of rotatable bonds is 4. The molecule has 22 heavy (non-hydrogen) atoms. The lowest BCUT2D eigenvalue weighted by molar-refractivity contribution is 0.0934. The minimum atomic E-state index is -1.07. The van der Waals surface area contributed by atoms with Crippen molar-refractivity contribution in [1.29, 1.82) is 0 Å². The number of aliphatic hydroxyl groups is 1. The zero-order valence-electron chi connectivity index (χ0n) is 12.6. The molecule has 0 spiro atoms. The third-order valence-corrected chi connectivity index (χ3v) is 4.80. The van der Waals surface area contributed by atoms with Gasteiger partial charge in [0.1, 0.15) is 5.60 Å². The molecule has 0 saturated carbocycles. The van der Waals surface area contributed by atoms with E-state index in [-0.39, 0.29) is 0 Å². The maximum Gasteiger partial charge on any atom is 0.172 e. The predicted octanol–water partition coefficient (Wildman–Crippen LogP) is 3.83. The molecule has 3 aromatic rings. The van der Waals surface area contributed by atoms with E-state index in [4.69, 9.17) is 0 Å². The minimum Gasteiger partial charge on any atom is -0.379 e. The summed E-state index contributed by atoms with van der Waals surface area (Å²) in [6.45, 7) is 1.80. The van der Waals surface area contributed by atoms with Gasteiger partial charge in [-0.15, -0.1) is 0 Å². The van der Waals surface area contributed by atoms with Crippen LogP contribution in [0.1, 0.15) is 18.2 Å². The number of aromatic nitrogens is 2. The molecule has 1 N–H and O–H groups in total. The second kappa shape index (κ2) is 5.99. The minimum absolute atomic E-state index is 0.775. The second-order valence-electron chi connectivity index (χ2n) is 5.34. The molecule has 0 fully saturated rings. The van der Waals surface area contributed by atoms with Crippen molar-refractivity contribution in [1.82, 2.24) is 9.55 Å². The summed E-state index contributed by atoms with van der Waals surface area (Å²) in [5.41, 5.74) is 0.560. The molecule has 0 saturated heterocycles. The normalized spacial score (nSPS) is 13.8. The topological polar surface area (TPSA) is 38.0 Å². The lowest BCUT2D eigenvalue weighted by Crippen LogP contribution is -2.25. The van der Waals surface area contributed by atoms with Crippen LogP contribution in [0.4, 0.5) is 0 Å². The number of imidazole rings is 1. The SMILES string of the molecule is Cn1c(C(C)(O)c2ccccc2)cnc1Sc1ccccc1. The molecule has 1 unspecified atom stereocenters. The molecule has 1 atom stereocenters. The van der Waals surface area contributed by atoms with Crippen molar-refractivity contribution in [3.63, 3.8) is 0 Å². The molecule has 1 aromatic heterocycles. The van der Waals surface area contributed by atoms with E-state index in [0.717, 1.165) is 21.3 Å². The first-order chi connectivity index (χ1) is 10.6. The fourth-order valence-electron chi connectivity index (χ4n) is 2.44. The van der Waals surface area contributed by atoms with Gasteiger partial charge >= 0.3 is 0 Å². The van der Waals surface area contributed by atoms with Gasteiger partial charge in [0.2, 0.25) is 0 Å². The van der Waals surface area contributed by atoms with E-state index in [2.05, 4.69) is 4.98 Å². The molecule has 2 aromatic carbocycles. The molecule has 0 bridgehead atoms. The van der Waals surface area contributed by atoms with Gasteiger partial charge in [-0.1, -0.05) is 60.3 Å². The Labute approximate surface area is 134 Å². The van der Waals surface area contributed by atoms with Gasteiger partial charge in [0.15, 0.2) is 5.16 Å². The van der Waals surface area contributed by atoms with E-state index in [1.165, 1.54) is 0 Å². The fraction of sp³-hybridized carbons (Fsp3) is 0.167. The number of nitrogens with zero attached hydrogens (tertiary/aromatic N) is 2. The Morgan fingerprint density at radius 2 is 1.59 bits per heavy atom. The van der Waals surface area contributed by atoms with Crippen molar-refractivity contribution in [2.24, 2.45) is 7.05 Å². The molecular weight excluding hydrogens is 292 g/mol. The van der Waals surface area contributed by atoms with Crippen molar-refractivity contribution in [3.8, 4) is 0 Å². The summed E-state index contributed by atoms with van der Waals surface area (Å²) in [6.07, 6.45) is 1.75. The summed E-state index contributed by atoms with van der Waals surface area (Å²) < 4.78 is 1.95. The van der Waals surface area contributed by atoms with Crippen LogP contribution >= 0.6 is 11.8 Å². The van der Waals surface area contributed by atoms with Crippen LogP contribution in [0.25, 0.3) is 0 Å². The Balaban J connectivity index is 1.93. The Kier molecular flexibility index (Phi) is 4.05. The average Bonchev–Trinajstić information content (AvgIpc) is 2.91. The molecule has 0 amide bonds. The van der Waals surface area contributed by atoms with E-state index >= 15 is 0 Å². The van der Waals surface area contributed by atoms with Gasteiger partial charge in [-0.3, -0.25) is 0 Å². The Hall–Kier alpha value is -2.04. The van der Waals surface area contributed by atoms with Gasteiger partial charge in [0.05, 0.1) is 11.9 Å². The standard InChI is InChI=1S/C18H18N2OS/c1-18(21,14-9-5-3-6-10-14)16-13-19-17(20(16)2)22-15-11-7-4-8-12-15/h3-13,21H,1-2H3. The van der Waals surface area contributed by atoms with E-state index in [1.807, 2.05) is 72.3 Å². The summed E-state index contributed by atoms with van der Waals surface area (Å²) >= 11 is 1.59. The predicted molar refractivity (Wildman–Crippen MR) is 88.9 cm³/mol. The highest BCUT2D eigenvalue weighted by atomic mass is 32.2. The van der Waals surface area contributed by atoms with Crippen LogP contribution in [-0.2, 0) is 12.6 Å². The fourth-order valence-corrected chi connectivity index (χ4v) is 3.29. The lowest BCUT2D eigenvalue weighted by Gasteiger charge is -2.24. The summed E-state index contributed by atoms with van der Waals surface area (Å²) in [6, 6.07) is 19.8. The van der Waals surface area contributed by atoms with Gasteiger partial charge in [-0.25, -0.2) is 4.98 Å². The maximum absolute atomic E-state index is 10.9. The first-order valence-corrected chi connectivity index (χ1v) is 7.93. The van der Waals surface area contributed by atoms with Crippen LogP contribution in [0.3, 0.4) is 0 Å². The Morgan fingerprint density at radius 3 is 2.23 bits per heavy atom. The Bertz CT molecular complexity index is 751. The summed E-state index contributed by atoms with van der Waals surface area (Å²) in [5.74, 6) is 0. The first kappa shape index (κ1) is 14.9. The van der Waals surface area contributed by atoms with Gasteiger partial charge in [0, 0.05) is 11.9 Å². The van der Waals surface area contributed by atoms with Crippen molar-refractivity contribution >= 4 is 11.8 Å². The van der Waals surface area contributed by atoms with E-state index in [9.17, 15) is 5.11 Å². The van der Waals surface area contributed by atoms with Gasteiger partial charge in [0.25, 0.3) is 0 Å².